The number of anilines is 1. The first-order valence-corrected chi connectivity index (χ1v) is 12.8. The number of allylic oxidation sites excluding steroid dienone is 1. The van der Waals surface area contributed by atoms with Gasteiger partial charge < -0.3 is 29.8 Å². The van der Waals surface area contributed by atoms with E-state index >= 15 is 0 Å². The molecule has 0 bridgehead atoms. The highest BCUT2D eigenvalue weighted by Gasteiger charge is 2.23. The molecule has 220 valence electrons. The second-order valence-electron chi connectivity index (χ2n) is 9.95. The molecule has 0 aliphatic carbocycles. The summed E-state index contributed by atoms with van der Waals surface area (Å²) < 4.78 is 34.5. The van der Waals surface area contributed by atoms with E-state index in [9.17, 15) is 28.0 Å². The van der Waals surface area contributed by atoms with Crippen LogP contribution in [0.4, 0.5) is 19.3 Å². The van der Waals surface area contributed by atoms with Gasteiger partial charge in [0.2, 0.25) is 11.8 Å². The molecule has 14 heteroatoms. The summed E-state index contributed by atoms with van der Waals surface area (Å²) in [6.45, 7) is 3.73. The monoisotopic (exact) mass is 573 g/mol. The van der Waals surface area contributed by atoms with E-state index in [-0.39, 0.29) is 48.2 Å². The van der Waals surface area contributed by atoms with Gasteiger partial charge in [-0.25, -0.2) is 18.6 Å². The maximum atomic E-state index is 14.5. The van der Waals surface area contributed by atoms with Crippen molar-refractivity contribution in [1.82, 2.24) is 29.7 Å². The lowest BCUT2D eigenvalue weighted by atomic mass is 10.1. The highest BCUT2D eigenvalue weighted by Crippen LogP contribution is 2.21. The number of alkyl carbamates (subject to hydrolysis) is 1. The summed E-state index contributed by atoms with van der Waals surface area (Å²) in [6, 6.07) is -0.312. The van der Waals surface area contributed by atoms with Crippen LogP contribution in [0, 0.1) is 17.6 Å². The predicted octanol–water partition coefficient (Wildman–Crippen LogP) is 2.73. The minimum absolute atomic E-state index is 0.0545. The van der Waals surface area contributed by atoms with Gasteiger partial charge >= 0.3 is 6.09 Å². The molecular formula is C27H33F2N7O5. The van der Waals surface area contributed by atoms with Crippen molar-refractivity contribution >= 4 is 34.6 Å². The Morgan fingerprint density at radius 3 is 2.63 bits per heavy atom. The second kappa shape index (κ2) is 13.6. The van der Waals surface area contributed by atoms with Crippen molar-refractivity contribution in [1.29, 1.82) is 0 Å². The number of aromatic nitrogens is 4. The zero-order valence-electron chi connectivity index (χ0n) is 23.5. The van der Waals surface area contributed by atoms with Crippen LogP contribution in [-0.4, -0.2) is 69.6 Å². The van der Waals surface area contributed by atoms with E-state index in [1.54, 1.807) is 14.1 Å². The molecule has 0 saturated carbocycles. The van der Waals surface area contributed by atoms with Crippen molar-refractivity contribution in [2.75, 3.05) is 26.5 Å². The third-order valence-corrected chi connectivity index (χ3v) is 5.95. The molecule has 3 heterocycles. The van der Waals surface area contributed by atoms with Crippen LogP contribution >= 0.6 is 0 Å². The number of halogens is 2. The first-order chi connectivity index (χ1) is 19.4. The number of carbonyl (C=O) groups excluding carboxylic acids is 3. The van der Waals surface area contributed by atoms with Gasteiger partial charge in [0, 0.05) is 26.4 Å². The van der Waals surface area contributed by atoms with Crippen molar-refractivity contribution in [2.45, 2.75) is 45.7 Å². The number of aromatic amines is 1. The van der Waals surface area contributed by atoms with Gasteiger partial charge in [-0.05, 0) is 31.3 Å². The Hall–Kier alpha value is -4.62. The van der Waals surface area contributed by atoms with Gasteiger partial charge in [-0.1, -0.05) is 19.9 Å². The van der Waals surface area contributed by atoms with Crippen LogP contribution in [0.25, 0.3) is 11.0 Å². The largest absolute Gasteiger partial charge is 0.453 e. The van der Waals surface area contributed by atoms with Crippen molar-refractivity contribution in [3.05, 3.63) is 64.1 Å². The molecule has 12 nitrogen and oxygen atoms in total. The fraction of sp³-hybridized carbons (Fsp3) is 0.407. The number of hydrogen-bond acceptors (Lipinski definition) is 7. The SMILES string of the molecule is COC(=O)NC(CC/C=C/C(=O)N(C)C)C(=O)Nc1cc(F)cn(Cc2nc3c(F)cnc(CC(C)C)c3[nH]2)c1=O. The van der Waals surface area contributed by atoms with E-state index in [1.165, 1.54) is 17.1 Å². The summed E-state index contributed by atoms with van der Waals surface area (Å²) in [6.07, 6.45) is 4.84. The number of pyridine rings is 2. The lowest BCUT2D eigenvalue weighted by Gasteiger charge is -2.17. The standard InChI is InChI=1S/C27H33F2N7O5/c1-15(2)10-19-24-23(17(29)12-30-19)33-21(34-24)14-36-13-16(28)11-20(26(36)39)31-25(38)18(32-27(40)41-5)8-6-7-9-22(37)35(3)4/h7,9,11-13,15,18H,6,8,10,14H2,1-5H3,(H,31,38)(H,32,40)(H,33,34)/b9-7+. The molecule has 0 aromatic carbocycles. The maximum Gasteiger partial charge on any atom is 0.407 e. The Kier molecular flexibility index (Phi) is 10.3. The number of fused-ring (bicyclic) bond motifs is 1. The Bertz CT molecular complexity index is 1510. The third-order valence-electron chi connectivity index (χ3n) is 5.95. The van der Waals surface area contributed by atoms with Crippen LogP contribution in [0.15, 0.2) is 35.4 Å². The fourth-order valence-corrected chi connectivity index (χ4v) is 3.93. The average Bonchev–Trinajstić information content (AvgIpc) is 3.34. The molecule has 41 heavy (non-hydrogen) atoms. The van der Waals surface area contributed by atoms with Crippen LogP contribution in [0.2, 0.25) is 0 Å². The third kappa shape index (κ3) is 8.19. The van der Waals surface area contributed by atoms with Gasteiger partial charge in [0.25, 0.3) is 5.56 Å². The molecule has 3 N–H and O–H groups in total. The molecule has 3 amide bonds. The molecule has 3 aromatic heterocycles. The Morgan fingerprint density at radius 2 is 1.98 bits per heavy atom. The van der Waals surface area contributed by atoms with E-state index in [2.05, 4.69) is 30.3 Å². The molecule has 3 aromatic rings. The number of methoxy groups -OCH3 is 1. The number of ether oxygens (including phenoxy) is 1. The topological polar surface area (TPSA) is 151 Å². The van der Waals surface area contributed by atoms with Gasteiger partial charge in [0.1, 0.15) is 28.9 Å². The predicted molar refractivity (Wildman–Crippen MR) is 147 cm³/mol. The molecular weight excluding hydrogens is 540 g/mol. The molecule has 0 fully saturated rings. The first kappa shape index (κ1) is 30.9. The lowest BCUT2D eigenvalue weighted by molar-refractivity contribution is -0.123. The summed E-state index contributed by atoms with van der Waals surface area (Å²) in [4.78, 5) is 62.4. The van der Waals surface area contributed by atoms with Crippen LogP contribution < -0.4 is 16.2 Å². The van der Waals surface area contributed by atoms with E-state index in [0.29, 0.717) is 17.6 Å². The van der Waals surface area contributed by atoms with Gasteiger partial charge in [0.05, 0.1) is 31.1 Å². The Morgan fingerprint density at radius 1 is 1.24 bits per heavy atom. The number of H-pyrrole nitrogens is 1. The molecule has 0 radical (unpaired) electrons. The zero-order valence-corrected chi connectivity index (χ0v) is 23.5. The van der Waals surface area contributed by atoms with Crippen molar-refractivity contribution in [3.8, 4) is 0 Å². The Labute approximate surface area is 234 Å². The molecule has 1 atom stereocenters. The summed E-state index contributed by atoms with van der Waals surface area (Å²) in [5, 5.41) is 4.72. The number of imidazole rings is 1. The first-order valence-electron chi connectivity index (χ1n) is 12.8. The minimum Gasteiger partial charge on any atom is -0.453 e. The summed E-state index contributed by atoms with van der Waals surface area (Å²) >= 11 is 0. The van der Waals surface area contributed by atoms with Crippen LogP contribution in [0.3, 0.4) is 0 Å². The number of nitrogens with one attached hydrogen (secondary N) is 3. The maximum absolute atomic E-state index is 14.5. The van der Waals surface area contributed by atoms with Crippen LogP contribution in [0.1, 0.15) is 38.2 Å². The van der Waals surface area contributed by atoms with E-state index in [4.69, 9.17) is 0 Å². The van der Waals surface area contributed by atoms with Gasteiger partial charge in [-0.3, -0.25) is 19.4 Å². The number of amides is 3. The number of likely N-dealkylation sites (N-methyl/N-ethyl adjacent to an activating group) is 1. The van der Waals surface area contributed by atoms with Gasteiger partial charge in [-0.15, -0.1) is 0 Å². The average molecular weight is 574 g/mol. The number of nitrogens with zero attached hydrogens (tertiary/aromatic N) is 4. The summed E-state index contributed by atoms with van der Waals surface area (Å²) in [5.41, 5.74) is -0.0739. The number of carbonyl (C=O) groups is 3. The van der Waals surface area contributed by atoms with Crippen LogP contribution in [0.5, 0.6) is 0 Å². The highest BCUT2D eigenvalue weighted by molar-refractivity contribution is 5.96. The van der Waals surface area contributed by atoms with E-state index < -0.39 is 35.2 Å². The number of rotatable bonds is 11. The smallest absolute Gasteiger partial charge is 0.407 e. The van der Waals surface area contributed by atoms with E-state index in [0.717, 1.165) is 30.1 Å². The zero-order chi connectivity index (χ0) is 30.3. The molecule has 0 aliphatic heterocycles. The van der Waals surface area contributed by atoms with Gasteiger partial charge in [-0.2, -0.15) is 0 Å². The number of hydrogen-bond donors (Lipinski definition) is 3. The fourth-order valence-electron chi connectivity index (χ4n) is 3.93. The van der Waals surface area contributed by atoms with Crippen LogP contribution in [-0.2, 0) is 27.3 Å². The van der Waals surface area contributed by atoms with Gasteiger partial charge in [0.15, 0.2) is 5.82 Å². The van der Waals surface area contributed by atoms with Crippen molar-refractivity contribution in [3.63, 3.8) is 0 Å². The summed E-state index contributed by atoms with van der Waals surface area (Å²) in [7, 11) is 4.29. The molecule has 0 aliphatic rings. The van der Waals surface area contributed by atoms with Crippen molar-refractivity contribution in [2.24, 2.45) is 5.92 Å². The second-order valence-corrected chi connectivity index (χ2v) is 9.95. The summed E-state index contributed by atoms with van der Waals surface area (Å²) in [5.74, 6) is -2.09. The normalized spacial score (nSPS) is 12.1. The molecule has 1 unspecified atom stereocenters. The van der Waals surface area contributed by atoms with Crippen molar-refractivity contribution < 1.29 is 27.9 Å². The Balaban J connectivity index is 1.83. The minimum atomic E-state index is -1.16. The highest BCUT2D eigenvalue weighted by atomic mass is 19.1. The quantitative estimate of drug-likeness (QED) is 0.298. The molecule has 3 rings (SSSR count). The molecule has 0 saturated heterocycles. The lowest BCUT2D eigenvalue weighted by Crippen LogP contribution is -2.44. The van der Waals surface area contributed by atoms with E-state index in [1.807, 2.05) is 13.8 Å². The molecule has 0 spiro atoms.